The van der Waals surface area contributed by atoms with E-state index in [0.29, 0.717) is 0 Å². The molecule has 1 heterocycles. The molecule has 1 unspecified atom stereocenters. The first-order chi connectivity index (χ1) is 8.31. The first kappa shape index (κ1) is 12.3. The molecule has 1 aliphatic heterocycles. The zero-order valence-electron chi connectivity index (χ0n) is 9.90. The fourth-order valence-corrected chi connectivity index (χ4v) is 2.32. The zero-order chi connectivity index (χ0) is 12.1. The van der Waals surface area contributed by atoms with Gasteiger partial charge in [0, 0.05) is 31.4 Å². The van der Waals surface area contributed by atoms with Crippen LogP contribution in [0.5, 0.6) is 0 Å². The van der Waals surface area contributed by atoms with E-state index >= 15 is 0 Å². The van der Waals surface area contributed by atoms with Crippen LogP contribution in [-0.4, -0.2) is 37.4 Å². The van der Waals surface area contributed by atoms with Gasteiger partial charge in [0.15, 0.2) is 0 Å². The van der Waals surface area contributed by atoms with Crippen LogP contribution in [0.15, 0.2) is 24.3 Å². The number of anilines is 1. The van der Waals surface area contributed by atoms with Gasteiger partial charge >= 0.3 is 0 Å². The molecule has 2 N–H and O–H groups in total. The summed E-state index contributed by atoms with van der Waals surface area (Å²) in [7, 11) is 0. The van der Waals surface area contributed by atoms with Crippen LogP contribution >= 0.6 is 0 Å². The molecule has 0 amide bonds. The fraction of sp³-hybridized carbons (Fsp3) is 0.538. The molecule has 0 bridgehead atoms. The van der Waals surface area contributed by atoms with Gasteiger partial charge in [-0.1, -0.05) is 0 Å². The normalized spacial score (nSPS) is 21.3. The summed E-state index contributed by atoms with van der Waals surface area (Å²) >= 11 is 0. The summed E-state index contributed by atoms with van der Waals surface area (Å²) in [5.41, 5.74) is 1.04. The van der Waals surface area contributed by atoms with Crippen LogP contribution in [-0.2, 0) is 0 Å². The number of aliphatic hydroxyl groups is 1. The van der Waals surface area contributed by atoms with Crippen molar-refractivity contribution in [2.45, 2.75) is 18.9 Å². The Morgan fingerprint density at radius 1 is 1.35 bits per heavy atom. The third-order valence-electron chi connectivity index (χ3n) is 3.19. The topological polar surface area (TPSA) is 35.5 Å². The lowest BCUT2D eigenvalue weighted by atomic mass is 10.1. The van der Waals surface area contributed by atoms with Crippen molar-refractivity contribution in [1.29, 1.82) is 0 Å². The van der Waals surface area contributed by atoms with E-state index in [1.807, 2.05) is 12.1 Å². The van der Waals surface area contributed by atoms with Crippen LogP contribution in [0.3, 0.4) is 0 Å². The molecule has 2 rings (SSSR count). The average Bonchev–Trinajstić information content (AvgIpc) is 2.56. The molecule has 1 aromatic rings. The fourth-order valence-electron chi connectivity index (χ4n) is 2.32. The first-order valence-electron chi connectivity index (χ1n) is 6.15. The Kier molecular flexibility index (Phi) is 4.34. The number of rotatable bonds is 3. The second kappa shape index (κ2) is 5.98. The Bertz CT molecular complexity index is 342. The van der Waals surface area contributed by atoms with Gasteiger partial charge in [0.2, 0.25) is 0 Å². The molecular formula is C13H19FN2O. The Labute approximate surface area is 101 Å². The van der Waals surface area contributed by atoms with Crippen LogP contribution in [0.2, 0.25) is 0 Å². The molecule has 1 fully saturated rings. The lowest BCUT2D eigenvalue weighted by molar-refractivity contribution is 0.273. The van der Waals surface area contributed by atoms with E-state index in [4.69, 9.17) is 5.11 Å². The summed E-state index contributed by atoms with van der Waals surface area (Å²) in [6.45, 7) is 3.00. The van der Waals surface area contributed by atoms with Gasteiger partial charge in [-0.05, 0) is 43.7 Å². The standard InChI is InChI=1S/C13H19FN2O/c14-11-2-4-12(5-3-11)16-8-1-7-15-10-13(16)6-9-17/h2-5,13,15,17H,1,6-10H2. The molecule has 1 atom stereocenters. The highest BCUT2D eigenvalue weighted by Crippen LogP contribution is 2.20. The summed E-state index contributed by atoms with van der Waals surface area (Å²) in [6, 6.07) is 6.89. The largest absolute Gasteiger partial charge is 0.396 e. The van der Waals surface area contributed by atoms with Gasteiger partial charge < -0.3 is 15.3 Å². The minimum Gasteiger partial charge on any atom is -0.396 e. The smallest absolute Gasteiger partial charge is 0.123 e. The third kappa shape index (κ3) is 3.17. The Hall–Kier alpha value is -1.13. The van der Waals surface area contributed by atoms with E-state index in [1.165, 1.54) is 12.1 Å². The van der Waals surface area contributed by atoms with E-state index in [2.05, 4.69) is 10.2 Å². The lowest BCUT2D eigenvalue weighted by Gasteiger charge is -2.31. The maximum Gasteiger partial charge on any atom is 0.123 e. The summed E-state index contributed by atoms with van der Waals surface area (Å²) in [5.74, 6) is -0.208. The SMILES string of the molecule is OCCC1CNCCCN1c1ccc(F)cc1. The predicted molar refractivity (Wildman–Crippen MR) is 66.7 cm³/mol. The van der Waals surface area contributed by atoms with Crippen molar-refractivity contribution in [1.82, 2.24) is 5.32 Å². The maximum absolute atomic E-state index is 12.9. The molecular weight excluding hydrogens is 219 g/mol. The molecule has 0 aromatic heterocycles. The van der Waals surface area contributed by atoms with E-state index in [1.54, 1.807) is 0 Å². The number of nitrogens with one attached hydrogen (secondary N) is 1. The van der Waals surface area contributed by atoms with Gasteiger partial charge in [-0.25, -0.2) is 4.39 Å². The molecule has 1 saturated heterocycles. The molecule has 0 aliphatic carbocycles. The van der Waals surface area contributed by atoms with Crippen LogP contribution in [0.1, 0.15) is 12.8 Å². The van der Waals surface area contributed by atoms with Gasteiger partial charge in [-0.3, -0.25) is 0 Å². The molecule has 0 saturated carbocycles. The van der Waals surface area contributed by atoms with Crippen molar-refractivity contribution < 1.29 is 9.50 Å². The molecule has 0 spiro atoms. The molecule has 4 heteroatoms. The van der Waals surface area contributed by atoms with Crippen molar-refractivity contribution >= 4 is 5.69 Å². The Morgan fingerprint density at radius 2 is 2.12 bits per heavy atom. The van der Waals surface area contributed by atoms with Gasteiger partial charge in [-0.15, -0.1) is 0 Å². The number of aliphatic hydroxyl groups excluding tert-OH is 1. The van der Waals surface area contributed by atoms with Crippen molar-refractivity contribution in [2.24, 2.45) is 0 Å². The molecule has 1 aliphatic rings. The van der Waals surface area contributed by atoms with E-state index in [9.17, 15) is 4.39 Å². The van der Waals surface area contributed by atoms with Gasteiger partial charge in [-0.2, -0.15) is 0 Å². The quantitative estimate of drug-likeness (QED) is 0.835. The summed E-state index contributed by atoms with van der Waals surface area (Å²) in [6.07, 6.45) is 1.81. The molecule has 1 aromatic carbocycles. The van der Waals surface area contributed by atoms with Crippen LogP contribution < -0.4 is 10.2 Å². The second-order valence-corrected chi connectivity index (χ2v) is 4.39. The monoisotopic (exact) mass is 238 g/mol. The molecule has 0 radical (unpaired) electrons. The van der Waals surface area contributed by atoms with E-state index < -0.39 is 0 Å². The first-order valence-corrected chi connectivity index (χ1v) is 6.15. The van der Waals surface area contributed by atoms with Crippen LogP contribution in [0.4, 0.5) is 10.1 Å². The van der Waals surface area contributed by atoms with Gasteiger partial charge in [0.05, 0.1) is 0 Å². The van der Waals surface area contributed by atoms with Gasteiger partial charge in [0.1, 0.15) is 5.82 Å². The van der Waals surface area contributed by atoms with Crippen LogP contribution in [0, 0.1) is 5.82 Å². The Morgan fingerprint density at radius 3 is 2.82 bits per heavy atom. The third-order valence-corrected chi connectivity index (χ3v) is 3.19. The molecule has 17 heavy (non-hydrogen) atoms. The number of hydrogen-bond acceptors (Lipinski definition) is 3. The highest BCUT2D eigenvalue weighted by Gasteiger charge is 2.20. The minimum atomic E-state index is -0.208. The number of hydrogen-bond donors (Lipinski definition) is 2. The highest BCUT2D eigenvalue weighted by atomic mass is 19.1. The van der Waals surface area contributed by atoms with Gasteiger partial charge in [0.25, 0.3) is 0 Å². The number of halogens is 1. The average molecular weight is 238 g/mol. The second-order valence-electron chi connectivity index (χ2n) is 4.39. The number of benzene rings is 1. The summed E-state index contributed by atoms with van der Waals surface area (Å²) in [5, 5.41) is 12.5. The van der Waals surface area contributed by atoms with Crippen molar-refractivity contribution in [3.63, 3.8) is 0 Å². The van der Waals surface area contributed by atoms with Crippen molar-refractivity contribution in [3.8, 4) is 0 Å². The summed E-state index contributed by atoms with van der Waals surface area (Å²) in [4.78, 5) is 2.26. The molecule has 94 valence electrons. The Balaban J connectivity index is 2.16. The zero-order valence-corrected chi connectivity index (χ0v) is 9.90. The summed E-state index contributed by atoms with van der Waals surface area (Å²) < 4.78 is 12.9. The van der Waals surface area contributed by atoms with E-state index in [0.717, 1.165) is 38.2 Å². The maximum atomic E-state index is 12.9. The van der Waals surface area contributed by atoms with Crippen LogP contribution in [0.25, 0.3) is 0 Å². The van der Waals surface area contributed by atoms with Crippen molar-refractivity contribution in [2.75, 3.05) is 31.1 Å². The predicted octanol–water partition coefficient (Wildman–Crippen LogP) is 1.38. The van der Waals surface area contributed by atoms with E-state index in [-0.39, 0.29) is 18.5 Å². The number of nitrogens with zero attached hydrogens (tertiary/aromatic N) is 1. The molecule has 3 nitrogen and oxygen atoms in total. The minimum absolute atomic E-state index is 0.185. The highest BCUT2D eigenvalue weighted by molar-refractivity contribution is 5.47. The van der Waals surface area contributed by atoms with Crippen molar-refractivity contribution in [3.05, 3.63) is 30.1 Å². The lowest BCUT2D eigenvalue weighted by Crippen LogP contribution is -2.40.